The van der Waals surface area contributed by atoms with Crippen LogP contribution in [0.4, 0.5) is 4.39 Å². The van der Waals surface area contributed by atoms with Crippen molar-refractivity contribution < 1.29 is 18.7 Å². The van der Waals surface area contributed by atoms with Crippen molar-refractivity contribution in [3.8, 4) is 11.5 Å². The number of nitrogens with zero attached hydrogens (tertiary/aromatic N) is 1. The second-order valence-corrected chi connectivity index (χ2v) is 4.95. The molecule has 24 heavy (non-hydrogen) atoms. The van der Waals surface area contributed by atoms with E-state index in [1.807, 2.05) is 0 Å². The minimum absolute atomic E-state index is 0.146. The molecule has 0 aliphatic heterocycles. The van der Waals surface area contributed by atoms with E-state index in [0.29, 0.717) is 17.1 Å². The number of hydrogen-bond acceptors (Lipinski definition) is 4. The topological polar surface area (TPSA) is 48.4 Å². The SMILES string of the molecule is O=C(OCc1ccccc1F)c1ccccc1Oc1cccnc1. The number of carbonyl (C=O) groups excluding carboxylic acids is 1. The van der Waals surface area contributed by atoms with Crippen molar-refractivity contribution in [3.63, 3.8) is 0 Å². The molecule has 0 radical (unpaired) electrons. The van der Waals surface area contributed by atoms with Gasteiger partial charge in [0, 0.05) is 11.8 Å². The zero-order valence-corrected chi connectivity index (χ0v) is 12.7. The molecule has 4 nitrogen and oxygen atoms in total. The van der Waals surface area contributed by atoms with Crippen LogP contribution in [0.25, 0.3) is 0 Å². The number of hydrogen-bond donors (Lipinski definition) is 0. The summed E-state index contributed by atoms with van der Waals surface area (Å²) in [6, 6.07) is 16.3. The monoisotopic (exact) mass is 323 g/mol. The number of benzene rings is 2. The third kappa shape index (κ3) is 3.76. The molecule has 5 heteroatoms. The number of carbonyl (C=O) groups is 1. The molecule has 0 N–H and O–H groups in total. The average molecular weight is 323 g/mol. The van der Waals surface area contributed by atoms with Crippen molar-refractivity contribution in [1.82, 2.24) is 4.98 Å². The Bertz CT molecular complexity index is 837. The van der Waals surface area contributed by atoms with Crippen molar-refractivity contribution in [2.45, 2.75) is 6.61 Å². The summed E-state index contributed by atoms with van der Waals surface area (Å²) in [6.45, 7) is -0.146. The van der Waals surface area contributed by atoms with Crippen molar-refractivity contribution in [3.05, 3.63) is 90.0 Å². The Morgan fingerprint density at radius 1 is 1.00 bits per heavy atom. The lowest BCUT2D eigenvalue weighted by Crippen LogP contribution is -2.07. The Kier molecular flexibility index (Phi) is 4.81. The van der Waals surface area contributed by atoms with E-state index >= 15 is 0 Å². The van der Waals surface area contributed by atoms with Crippen molar-refractivity contribution in [2.75, 3.05) is 0 Å². The van der Waals surface area contributed by atoms with Gasteiger partial charge >= 0.3 is 5.97 Å². The molecule has 1 aromatic heterocycles. The fourth-order valence-electron chi connectivity index (χ4n) is 2.10. The normalized spacial score (nSPS) is 10.2. The molecule has 2 aromatic carbocycles. The highest BCUT2D eigenvalue weighted by Gasteiger charge is 2.15. The molecule has 0 saturated heterocycles. The van der Waals surface area contributed by atoms with E-state index in [9.17, 15) is 9.18 Å². The summed E-state index contributed by atoms with van der Waals surface area (Å²) in [4.78, 5) is 16.3. The molecule has 0 fully saturated rings. The second kappa shape index (κ2) is 7.37. The lowest BCUT2D eigenvalue weighted by Gasteiger charge is -2.11. The molecule has 120 valence electrons. The van der Waals surface area contributed by atoms with Crippen molar-refractivity contribution in [1.29, 1.82) is 0 Å². The smallest absolute Gasteiger partial charge is 0.342 e. The molecule has 0 saturated carbocycles. The number of aromatic nitrogens is 1. The molecule has 1 heterocycles. The lowest BCUT2D eigenvalue weighted by molar-refractivity contribution is 0.0466. The summed E-state index contributed by atoms with van der Waals surface area (Å²) in [7, 11) is 0. The predicted molar refractivity (Wildman–Crippen MR) is 86.3 cm³/mol. The summed E-state index contributed by atoms with van der Waals surface area (Å²) < 4.78 is 24.5. The van der Waals surface area contributed by atoms with Crippen LogP contribution >= 0.6 is 0 Å². The molecule has 0 aliphatic carbocycles. The standard InChI is InChI=1S/C19H14FNO3/c20-17-9-3-1-6-14(17)13-23-19(22)16-8-2-4-10-18(16)24-15-7-5-11-21-12-15/h1-12H,13H2. The van der Waals surface area contributed by atoms with E-state index < -0.39 is 11.8 Å². The van der Waals surface area contributed by atoms with Crippen LogP contribution in [0.1, 0.15) is 15.9 Å². The highest BCUT2D eigenvalue weighted by molar-refractivity contribution is 5.92. The van der Waals surface area contributed by atoms with Crippen LogP contribution in [0.15, 0.2) is 73.1 Å². The van der Waals surface area contributed by atoms with Crippen LogP contribution in [0.5, 0.6) is 11.5 Å². The van der Waals surface area contributed by atoms with E-state index in [0.717, 1.165) is 0 Å². The van der Waals surface area contributed by atoms with Crippen LogP contribution in [0.3, 0.4) is 0 Å². The highest BCUT2D eigenvalue weighted by Crippen LogP contribution is 2.25. The van der Waals surface area contributed by atoms with Crippen LogP contribution < -0.4 is 4.74 Å². The lowest BCUT2D eigenvalue weighted by atomic mass is 10.2. The first-order chi connectivity index (χ1) is 11.7. The summed E-state index contributed by atoms with van der Waals surface area (Å²) in [6.07, 6.45) is 3.17. The van der Waals surface area contributed by atoms with Gasteiger partial charge in [0.25, 0.3) is 0 Å². The first-order valence-electron chi connectivity index (χ1n) is 7.31. The Morgan fingerprint density at radius 2 is 1.79 bits per heavy atom. The number of esters is 1. The van der Waals surface area contributed by atoms with Gasteiger partial charge < -0.3 is 9.47 Å². The third-order valence-corrected chi connectivity index (χ3v) is 3.29. The second-order valence-electron chi connectivity index (χ2n) is 4.95. The maximum atomic E-state index is 13.6. The van der Waals surface area contributed by atoms with Crippen LogP contribution in [-0.2, 0) is 11.3 Å². The molecule has 0 unspecified atom stereocenters. The molecular weight excluding hydrogens is 309 g/mol. The summed E-state index contributed by atoms with van der Waals surface area (Å²) in [5, 5.41) is 0. The Labute approximate surface area is 138 Å². The maximum Gasteiger partial charge on any atom is 0.342 e. The van der Waals surface area contributed by atoms with Gasteiger partial charge in [-0.1, -0.05) is 30.3 Å². The average Bonchev–Trinajstić information content (AvgIpc) is 2.62. The number of para-hydroxylation sites is 1. The zero-order chi connectivity index (χ0) is 16.8. The van der Waals surface area contributed by atoms with E-state index in [1.54, 1.807) is 67.0 Å². The van der Waals surface area contributed by atoms with Gasteiger partial charge in [-0.05, 0) is 30.3 Å². The van der Waals surface area contributed by atoms with Gasteiger partial charge in [0.05, 0.1) is 6.20 Å². The van der Waals surface area contributed by atoms with Crippen LogP contribution in [0.2, 0.25) is 0 Å². The number of ether oxygens (including phenoxy) is 2. The number of halogens is 1. The molecule has 3 aromatic rings. The first-order valence-corrected chi connectivity index (χ1v) is 7.31. The zero-order valence-electron chi connectivity index (χ0n) is 12.7. The van der Waals surface area contributed by atoms with Gasteiger partial charge in [-0.15, -0.1) is 0 Å². The fraction of sp³-hybridized carbons (Fsp3) is 0.0526. The fourth-order valence-corrected chi connectivity index (χ4v) is 2.10. The van der Waals surface area contributed by atoms with Gasteiger partial charge in [-0.2, -0.15) is 0 Å². The molecule has 0 spiro atoms. The van der Waals surface area contributed by atoms with E-state index in [-0.39, 0.29) is 12.2 Å². The van der Waals surface area contributed by atoms with Gasteiger partial charge in [0.1, 0.15) is 29.5 Å². The van der Waals surface area contributed by atoms with Gasteiger partial charge in [-0.25, -0.2) is 9.18 Å². The quantitative estimate of drug-likeness (QED) is 0.654. The van der Waals surface area contributed by atoms with Crippen LogP contribution in [0, 0.1) is 5.82 Å². The summed E-state index contributed by atoms with van der Waals surface area (Å²) in [5.74, 6) is -0.140. The Morgan fingerprint density at radius 3 is 2.58 bits per heavy atom. The van der Waals surface area contributed by atoms with E-state index in [2.05, 4.69) is 4.98 Å². The van der Waals surface area contributed by atoms with Gasteiger partial charge in [0.15, 0.2) is 0 Å². The molecule has 0 atom stereocenters. The molecular formula is C19H14FNO3. The molecule has 3 rings (SSSR count). The minimum atomic E-state index is -0.585. The maximum absolute atomic E-state index is 13.6. The first kappa shape index (κ1) is 15.7. The summed E-state index contributed by atoms with van der Waals surface area (Å²) in [5.41, 5.74) is 0.578. The predicted octanol–water partition coefficient (Wildman–Crippen LogP) is 4.37. The molecule has 0 amide bonds. The minimum Gasteiger partial charge on any atom is -0.457 e. The van der Waals surface area contributed by atoms with Crippen molar-refractivity contribution in [2.24, 2.45) is 0 Å². The van der Waals surface area contributed by atoms with E-state index in [1.165, 1.54) is 6.07 Å². The summed E-state index contributed by atoms with van der Waals surface area (Å²) >= 11 is 0. The van der Waals surface area contributed by atoms with Gasteiger partial charge in [0.2, 0.25) is 0 Å². The third-order valence-electron chi connectivity index (χ3n) is 3.29. The largest absolute Gasteiger partial charge is 0.457 e. The Balaban J connectivity index is 1.74. The number of rotatable bonds is 5. The van der Waals surface area contributed by atoms with Gasteiger partial charge in [-0.3, -0.25) is 4.98 Å². The Hall–Kier alpha value is -3.21. The van der Waals surface area contributed by atoms with Crippen LogP contribution in [-0.4, -0.2) is 11.0 Å². The highest BCUT2D eigenvalue weighted by atomic mass is 19.1. The molecule has 0 aliphatic rings. The molecule has 0 bridgehead atoms. The van der Waals surface area contributed by atoms with Crippen molar-refractivity contribution >= 4 is 5.97 Å². The van der Waals surface area contributed by atoms with E-state index in [4.69, 9.17) is 9.47 Å². The number of pyridine rings is 1.